The number of pyridine rings is 1. The van der Waals surface area contributed by atoms with Crippen LogP contribution in [0.15, 0.2) is 4.79 Å². The molecule has 0 spiro atoms. The van der Waals surface area contributed by atoms with E-state index in [1.165, 1.54) is 6.92 Å². The van der Waals surface area contributed by atoms with Crippen LogP contribution in [-0.2, 0) is 16.5 Å². The van der Waals surface area contributed by atoms with E-state index in [-0.39, 0.29) is 5.56 Å². The summed E-state index contributed by atoms with van der Waals surface area (Å²) in [5, 5.41) is 0.534. The highest BCUT2D eigenvalue weighted by molar-refractivity contribution is 9.08. The predicted octanol–water partition coefficient (Wildman–Crippen LogP) is 2.46. The van der Waals surface area contributed by atoms with Gasteiger partial charge in [-0.15, -0.1) is 0 Å². The van der Waals surface area contributed by atoms with Crippen LogP contribution in [0.25, 0.3) is 0 Å². The van der Waals surface area contributed by atoms with Crippen molar-refractivity contribution in [1.82, 2.24) is 4.98 Å². The first-order chi connectivity index (χ1) is 8.01. The summed E-state index contributed by atoms with van der Waals surface area (Å²) in [6.07, 6.45) is 1.68. The van der Waals surface area contributed by atoms with Gasteiger partial charge >= 0.3 is 5.97 Å². The normalized spacial score (nSPS) is 10.4. The number of alkyl halides is 1. The first kappa shape index (κ1) is 14.0. The molecule has 0 aliphatic heterocycles. The molecule has 1 heterocycles. The molecule has 0 saturated heterocycles. The molecule has 0 atom stereocenters. The van der Waals surface area contributed by atoms with Gasteiger partial charge in [0.1, 0.15) is 5.75 Å². The van der Waals surface area contributed by atoms with E-state index >= 15 is 0 Å². The number of carbonyl (C=O) groups excluding carboxylic acids is 1. The van der Waals surface area contributed by atoms with Gasteiger partial charge < -0.3 is 9.72 Å². The summed E-state index contributed by atoms with van der Waals surface area (Å²) in [5.74, 6) is 0.00845. The SMILES string of the molecule is CCCc1c(CBr)[nH]c(=O)c(C)c1OC(C)=O. The maximum Gasteiger partial charge on any atom is 0.308 e. The largest absolute Gasteiger partial charge is 0.426 e. The van der Waals surface area contributed by atoms with Gasteiger partial charge in [-0.25, -0.2) is 0 Å². The standard InChI is InChI=1S/C12H16BrNO3/c1-4-5-9-10(6-13)14-12(16)7(2)11(9)17-8(3)15/h4-6H2,1-3H3,(H,14,16). The molecular formula is C12H16BrNO3. The van der Waals surface area contributed by atoms with E-state index in [0.717, 1.165) is 24.1 Å². The summed E-state index contributed by atoms with van der Waals surface area (Å²) >= 11 is 3.33. The van der Waals surface area contributed by atoms with Crippen LogP contribution in [-0.4, -0.2) is 11.0 Å². The molecule has 17 heavy (non-hydrogen) atoms. The van der Waals surface area contributed by atoms with Crippen LogP contribution in [0.5, 0.6) is 5.75 Å². The lowest BCUT2D eigenvalue weighted by Crippen LogP contribution is -2.18. The number of aromatic nitrogens is 1. The minimum absolute atomic E-state index is 0.212. The number of H-pyrrole nitrogens is 1. The molecule has 0 radical (unpaired) electrons. The number of hydrogen-bond donors (Lipinski definition) is 1. The number of carbonyl (C=O) groups is 1. The molecule has 0 fully saturated rings. The number of aromatic amines is 1. The number of ether oxygens (including phenoxy) is 1. The second kappa shape index (κ2) is 6.00. The fraction of sp³-hybridized carbons (Fsp3) is 0.500. The second-order valence-electron chi connectivity index (χ2n) is 3.84. The van der Waals surface area contributed by atoms with Crippen molar-refractivity contribution in [2.24, 2.45) is 0 Å². The highest BCUT2D eigenvalue weighted by atomic mass is 79.9. The van der Waals surface area contributed by atoms with Crippen LogP contribution in [0, 0.1) is 6.92 Å². The molecule has 1 aromatic rings. The zero-order chi connectivity index (χ0) is 13.0. The first-order valence-corrected chi connectivity index (χ1v) is 6.62. The topological polar surface area (TPSA) is 59.2 Å². The third-order valence-electron chi connectivity index (χ3n) is 2.46. The highest BCUT2D eigenvalue weighted by Gasteiger charge is 2.16. The zero-order valence-electron chi connectivity index (χ0n) is 10.2. The maximum atomic E-state index is 11.7. The van der Waals surface area contributed by atoms with Crippen LogP contribution in [0.3, 0.4) is 0 Å². The van der Waals surface area contributed by atoms with Crippen molar-refractivity contribution in [3.8, 4) is 5.75 Å². The fourth-order valence-corrected chi connectivity index (χ4v) is 2.16. The van der Waals surface area contributed by atoms with Gasteiger partial charge in [-0.1, -0.05) is 29.3 Å². The molecule has 1 aromatic heterocycles. The van der Waals surface area contributed by atoms with Gasteiger partial charge in [0.05, 0.1) is 5.56 Å². The van der Waals surface area contributed by atoms with Crippen LogP contribution in [0.4, 0.5) is 0 Å². The van der Waals surface area contributed by atoms with Crippen LogP contribution < -0.4 is 10.3 Å². The van der Waals surface area contributed by atoms with E-state index in [0.29, 0.717) is 16.6 Å². The predicted molar refractivity (Wildman–Crippen MR) is 69.7 cm³/mol. The third kappa shape index (κ3) is 3.19. The number of nitrogens with one attached hydrogen (secondary N) is 1. The van der Waals surface area contributed by atoms with E-state index < -0.39 is 5.97 Å². The van der Waals surface area contributed by atoms with E-state index in [2.05, 4.69) is 20.9 Å². The fourth-order valence-electron chi connectivity index (χ4n) is 1.68. The Hall–Kier alpha value is -1.10. The Morgan fingerprint density at radius 2 is 2.12 bits per heavy atom. The number of halogens is 1. The lowest BCUT2D eigenvalue weighted by Gasteiger charge is -2.14. The summed E-state index contributed by atoms with van der Waals surface area (Å²) in [5.41, 5.74) is 1.92. The lowest BCUT2D eigenvalue weighted by molar-refractivity contribution is -0.132. The molecular weight excluding hydrogens is 286 g/mol. The molecule has 0 aromatic carbocycles. The smallest absolute Gasteiger partial charge is 0.308 e. The molecule has 4 nitrogen and oxygen atoms in total. The van der Waals surface area contributed by atoms with Crippen molar-refractivity contribution in [2.75, 3.05) is 0 Å². The van der Waals surface area contributed by atoms with E-state index in [1.54, 1.807) is 6.92 Å². The van der Waals surface area contributed by atoms with E-state index in [4.69, 9.17) is 4.74 Å². The van der Waals surface area contributed by atoms with Crippen molar-refractivity contribution < 1.29 is 9.53 Å². The Balaban J connectivity index is 3.43. The molecule has 1 rings (SSSR count). The molecule has 94 valence electrons. The Kier molecular flexibility index (Phi) is 4.93. The van der Waals surface area contributed by atoms with Gasteiger partial charge in [-0.3, -0.25) is 9.59 Å². The van der Waals surface area contributed by atoms with E-state index in [9.17, 15) is 9.59 Å². The molecule has 0 saturated carbocycles. The Labute approximate surface area is 109 Å². The molecule has 0 amide bonds. The summed E-state index contributed by atoms with van der Waals surface area (Å²) in [6.45, 7) is 5.04. The van der Waals surface area contributed by atoms with Crippen LogP contribution >= 0.6 is 15.9 Å². The summed E-state index contributed by atoms with van der Waals surface area (Å²) in [4.78, 5) is 25.6. The van der Waals surface area contributed by atoms with Gasteiger partial charge in [0.15, 0.2) is 0 Å². The quantitative estimate of drug-likeness (QED) is 0.686. The van der Waals surface area contributed by atoms with Gasteiger partial charge in [-0.2, -0.15) is 0 Å². The second-order valence-corrected chi connectivity index (χ2v) is 4.40. The van der Waals surface area contributed by atoms with Gasteiger partial charge in [0.25, 0.3) is 5.56 Å². The third-order valence-corrected chi connectivity index (χ3v) is 3.02. The molecule has 1 N–H and O–H groups in total. The molecule has 0 bridgehead atoms. The Bertz CT molecular complexity index is 479. The van der Waals surface area contributed by atoms with Crippen molar-refractivity contribution >= 4 is 21.9 Å². The summed E-state index contributed by atoms with van der Waals surface area (Å²) < 4.78 is 5.17. The number of esters is 1. The van der Waals surface area contributed by atoms with Crippen molar-refractivity contribution in [1.29, 1.82) is 0 Å². The average Bonchev–Trinajstić information content (AvgIpc) is 2.28. The van der Waals surface area contributed by atoms with Crippen LogP contribution in [0.2, 0.25) is 0 Å². The minimum Gasteiger partial charge on any atom is -0.426 e. The van der Waals surface area contributed by atoms with Gasteiger partial charge in [-0.05, 0) is 13.3 Å². The van der Waals surface area contributed by atoms with Gasteiger partial charge in [0, 0.05) is 23.5 Å². The van der Waals surface area contributed by atoms with Crippen molar-refractivity contribution in [2.45, 2.75) is 38.9 Å². The Morgan fingerprint density at radius 1 is 1.47 bits per heavy atom. The molecule has 5 heteroatoms. The molecule has 0 unspecified atom stereocenters. The monoisotopic (exact) mass is 301 g/mol. The number of hydrogen-bond acceptors (Lipinski definition) is 3. The average molecular weight is 302 g/mol. The molecule has 0 aliphatic carbocycles. The van der Waals surface area contributed by atoms with Crippen molar-refractivity contribution in [3.05, 3.63) is 27.2 Å². The van der Waals surface area contributed by atoms with E-state index in [1.807, 2.05) is 6.92 Å². The maximum absolute atomic E-state index is 11.7. The number of rotatable bonds is 4. The van der Waals surface area contributed by atoms with Gasteiger partial charge in [0.2, 0.25) is 0 Å². The first-order valence-electron chi connectivity index (χ1n) is 5.50. The molecule has 0 aliphatic rings. The summed E-state index contributed by atoms with van der Waals surface area (Å²) in [7, 11) is 0. The highest BCUT2D eigenvalue weighted by Crippen LogP contribution is 2.26. The van der Waals surface area contributed by atoms with Crippen molar-refractivity contribution in [3.63, 3.8) is 0 Å². The zero-order valence-corrected chi connectivity index (χ0v) is 11.8. The summed E-state index contributed by atoms with van der Waals surface area (Å²) in [6, 6.07) is 0. The lowest BCUT2D eigenvalue weighted by atomic mass is 10.1. The van der Waals surface area contributed by atoms with Crippen LogP contribution in [0.1, 0.15) is 37.1 Å². The Morgan fingerprint density at radius 3 is 2.59 bits per heavy atom. The minimum atomic E-state index is -0.406.